The SMILES string of the molecule is N#Cc1ccccc1NC(=O)c1ccc(CN)o1. The number of hydrogen-bond donors (Lipinski definition) is 2. The fourth-order valence-electron chi connectivity index (χ4n) is 1.48. The van der Waals surface area contributed by atoms with Crippen LogP contribution in [0.3, 0.4) is 0 Å². The number of nitrogens with two attached hydrogens (primary N) is 1. The zero-order chi connectivity index (χ0) is 13.0. The molecule has 1 amide bonds. The van der Waals surface area contributed by atoms with Gasteiger partial charge in [-0.3, -0.25) is 4.79 Å². The molecule has 3 N–H and O–H groups in total. The van der Waals surface area contributed by atoms with E-state index in [4.69, 9.17) is 15.4 Å². The van der Waals surface area contributed by atoms with Crippen molar-refractivity contribution in [2.45, 2.75) is 6.54 Å². The van der Waals surface area contributed by atoms with Gasteiger partial charge < -0.3 is 15.5 Å². The van der Waals surface area contributed by atoms with Crippen LogP contribution in [0, 0.1) is 11.3 Å². The molecule has 5 heteroatoms. The highest BCUT2D eigenvalue weighted by Crippen LogP contribution is 2.16. The van der Waals surface area contributed by atoms with E-state index in [1.807, 2.05) is 6.07 Å². The van der Waals surface area contributed by atoms with Gasteiger partial charge in [0.15, 0.2) is 5.76 Å². The second-order valence-corrected chi connectivity index (χ2v) is 3.58. The molecule has 5 nitrogen and oxygen atoms in total. The summed E-state index contributed by atoms with van der Waals surface area (Å²) < 4.78 is 5.22. The zero-order valence-electron chi connectivity index (χ0n) is 9.51. The van der Waals surface area contributed by atoms with Gasteiger partial charge in [0.2, 0.25) is 0 Å². The first-order valence-electron chi connectivity index (χ1n) is 5.34. The van der Waals surface area contributed by atoms with E-state index in [1.54, 1.807) is 36.4 Å². The van der Waals surface area contributed by atoms with E-state index < -0.39 is 5.91 Å². The number of para-hydroxylation sites is 1. The predicted octanol–water partition coefficient (Wildman–Crippen LogP) is 1.86. The highest BCUT2D eigenvalue weighted by molar-refractivity contribution is 6.02. The lowest BCUT2D eigenvalue weighted by atomic mass is 10.2. The van der Waals surface area contributed by atoms with Crippen LogP contribution in [0.15, 0.2) is 40.8 Å². The maximum atomic E-state index is 11.9. The normalized spacial score (nSPS) is 9.78. The van der Waals surface area contributed by atoms with Gasteiger partial charge in [0, 0.05) is 0 Å². The Bertz CT molecular complexity index is 611. The lowest BCUT2D eigenvalue weighted by molar-refractivity contribution is 0.0995. The van der Waals surface area contributed by atoms with Gasteiger partial charge >= 0.3 is 0 Å². The molecule has 0 fully saturated rings. The molecule has 1 aromatic heterocycles. The molecule has 0 aliphatic heterocycles. The number of amides is 1. The Kier molecular flexibility index (Phi) is 3.41. The van der Waals surface area contributed by atoms with Gasteiger partial charge in [-0.25, -0.2) is 0 Å². The van der Waals surface area contributed by atoms with Gasteiger partial charge in [-0.2, -0.15) is 5.26 Å². The maximum Gasteiger partial charge on any atom is 0.291 e. The molecule has 18 heavy (non-hydrogen) atoms. The van der Waals surface area contributed by atoms with Gasteiger partial charge in [0.25, 0.3) is 5.91 Å². The number of rotatable bonds is 3. The Hall–Kier alpha value is -2.58. The fraction of sp³-hybridized carbons (Fsp3) is 0.0769. The molecule has 0 saturated carbocycles. The van der Waals surface area contributed by atoms with E-state index >= 15 is 0 Å². The number of benzene rings is 1. The smallest absolute Gasteiger partial charge is 0.291 e. The van der Waals surface area contributed by atoms with Crippen LogP contribution in [0.4, 0.5) is 5.69 Å². The standard InChI is InChI=1S/C13H11N3O2/c14-7-9-3-1-2-4-11(9)16-13(17)12-6-5-10(8-15)18-12/h1-6H,8,15H2,(H,16,17). The minimum absolute atomic E-state index is 0.170. The van der Waals surface area contributed by atoms with E-state index in [0.29, 0.717) is 17.0 Å². The van der Waals surface area contributed by atoms with Crippen molar-refractivity contribution in [1.82, 2.24) is 0 Å². The Labute approximate surface area is 104 Å². The van der Waals surface area contributed by atoms with Crippen LogP contribution in [0.25, 0.3) is 0 Å². The number of nitrogens with one attached hydrogen (secondary N) is 1. The van der Waals surface area contributed by atoms with Crippen molar-refractivity contribution in [2.75, 3.05) is 5.32 Å². The highest BCUT2D eigenvalue weighted by Gasteiger charge is 2.12. The molecule has 0 bridgehead atoms. The van der Waals surface area contributed by atoms with Crippen molar-refractivity contribution in [3.8, 4) is 6.07 Å². The maximum absolute atomic E-state index is 11.9. The van der Waals surface area contributed by atoms with Crippen LogP contribution in [0.1, 0.15) is 21.9 Å². The van der Waals surface area contributed by atoms with Gasteiger partial charge in [0.05, 0.1) is 17.8 Å². The fourth-order valence-corrected chi connectivity index (χ4v) is 1.48. The second kappa shape index (κ2) is 5.17. The topological polar surface area (TPSA) is 92.0 Å². The van der Waals surface area contributed by atoms with E-state index in [9.17, 15) is 4.79 Å². The Morgan fingerprint density at radius 2 is 2.11 bits per heavy atom. The van der Waals surface area contributed by atoms with E-state index in [2.05, 4.69) is 5.32 Å². The summed E-state index contributed by atoms with van der Waals surface area (Å²) in [6.07, 6.45) is 0. The lowest BCUT2D eigenvalue weighted by Gasteiger charge is -2.04. The van der Waals surface area contributed by atoms with Crippen LogP contribution in [0.5, 0.6) is 0 Å². The van der Waals surface area contributed by atoms with E-state index in [1.165, 1.54) is 0 Å². The summed E-state index contributed by atoms with van der Waals surface area (Å²) in [4.78, 5) is 11.9. The highest BCUT2D eigenvalue weighted by atomic mass is 16.4. The van der Waals surface area contributed by atoms with Gasteiger partial charge in [-0.15, -0.1) is 0 Å². The molecule has 1 aromatic carbocycles. The number of carbonyl (C=O) groups is 1. The molecular formula is C13H11N3O2. The summed E-state index contributed by atoms with van der Waals surface area (Å²) in [7, 11) is 0. The molecular weight excluding hydrogens is 230 g/mol. The molecule has 0 saturated heterocycles. The zero-order valence-corrected chi connectivity index (χ0v) is 9.51. The molecule has 0 aliphatic carbocycles. The van der Waals surface area contributed by atoms with Gasteiger partial charge in [0.1, 0.15) is 11.8 Å². The molecule has 0 aliphatic rings. The Morgan fingerprint density at radius 3 is 2.78 bits per heavy atom. The van der Waals surface area contributed by atoms with Crippen LogP contribution in [-0.2, 0) is 6.54 Å². The largest absolute Gasteiger partial charge is 0.455 e. The number of nitrogens with zero attached hydrogens (tertiary/aromatic N) is 1. The Morgan fingerprint density at radius 1 is 1.33 bits per heavy atom. The molecule has 90 valence electrons. The second-order valence-electron chi connectivity index (χ2n) is 3.58. The minimum Gasteiger partial charge on any atom is -0.455 e. The van der Waals surface area contributed by atoms with Crippen LogP contribution in [0.2, 0.25) is 0 Å². The monoisotopic (exact) mass is 241 g/mol. The first-order chi connectivity index (χ1) is 8.74. The molecule has 0 spiro atoms. The summed E-state index contributed by atoms with van der Waals surface area (Å²) in [5, 5.41) is 11.5. The number of furan rings is 1. The molecule has 2 rings (SSSR count). The third-order valence-corrected chi connectivity index (χ3v) is 2.38. The molecule has 0 unspecified atom stereocenters. The summed E-state index contributed by atoms with van der Waals surface area (Å²) in [5.74, 6) is 0.300. The molecule has 0 atom stereocenters. The number of hydrogen-bond acceptors (Lipinski definition) is 4. The first-order valence-corrected chi connectivity index (χ1v) is 5.34. The van der Waals surface area contributed by atoms with Gasteiger partial charge in [-0.05, 0) is 24.3 Å². The van der Waals surface area contributed by atoms with Crippen LogP contribution in [-0.4, -0.2) is 5.91 Å². The third kappa shape index (κ3) is 2.39. The number of carbonyl (C=O) groups excluding carboxylic acids is 1. The van der Waals surface area contributed by atoms with Crippen LogP contribution >= 0.6 is 0 Å². The van der Waals surface area contributed by atoms with Crippen molar-refractivity contribution in [2.24, 2.45) is 5.73 Å². The lowest BCUT2D eigenvalue weighted by Crippen LogP contribution is -2.11. The average molecular weight is 241 g/mol. The molecule has 1 heterocycles. The third-order valence-electron chi connectivity index (χ3n) is 2.38. The molecule has 2 aromatic rings. The Balaban J connectivity index is 2.19. The quantitative estimate of drug-likeness (QED) is 0.857. The summed E-state index contributed by atoms with van der Waals surface area (Å²) in [6.45, 7) is 0.238. The summed E-state index contributed by atoms with van der Waals surface area (Å²) in [6, 6.07) is 11.9. The average Bonchev–Trinajstić information content (AvgIpc) is 2.88. The van der Waals surface area contributed by atoms with Crippen LogP contribution < -0.4 is 11.1 Å². The number of anilines is 1. The first kappa shape index (κ1) is 11.9. The van der Waals surface area contributed by atoms with Crippen molar-refractivity contribution in [1.29, 1.82) is 5.26 Å². The van der Waals surface area contributed by atoms with E-state index in [0.717, 1.165) is 0 Å². The van der Waals surface area contributed by atoms with Crippen molar-refractivity contribution in [3.63, 3.8) is 0 Å². The summed E-state index contributed by atoms with van der Waals surface area (Å²) in [5.41, 5.74) is 6.25. The van der Waals surface area contributed by atoms with Gasteiger partial charge in [-0.1, -0.05) is 12.1 Å². The van der Waals surface area contributed by atoms with Crippen molar-refractivity contribution >= 4 is 11.6 Å². The molecule has 0 radical (unpaired) electrons. The number of nitriles is 1. The van der Waals surface area contributed by atoms with E-state index in [-0.39, 0.29) is 12.3 Å². The van der Waals surface area contributed by atoms with Crippen molar-refractivity contribution < 1.29 is 9.21 Å². The predicted molar refractivity (Wildman–Crippen MR) is 65.7 cm³/mol. The minimum atomic E-state index is -0.405. The van der Waals surface area contributed by atoms with Crippen molar-refractivity contribution in [3.05, 3.63) is 53.5 Å². The summed E-state index contributed by atoms with van der Waals surface area (Å²) >= 11 is 0.